The molecule has 71 heavy (non-hydrogen) atoms. The second-order valence-corrected chi connectivity index (χ2v) is 18.7. The van der Waals surface area contributed by atoms with Crippen LogP contribution in [0.15, 0.2) is 273 Å². The molecule has 0 spiro atoms. The van der Waals surface area contributed by atoms with Crippen molar-refractivity contribution in [2.24, 2.45) is 0 Å². The third kappa shape index (κ3) is 6.78. The second-order valence-electron chi connectivity index (χ2n) is 18.7. The quantitative estimate of drug-likeness (QED) is 0.144. The number of anilines is 3. The number of fused-ring (bicyclic) bond motifs is 7. The molecule has 14 rings (SSSR count). The van der Waals surface area contributed by atoms with Crippen molar-refractivity contribution in [1.29, 1.82) is 0 Å². The van der Waals surface area contributed by atoms with E-state index in [2.05, 4.69) is 278 Å². The molecule has 0 amide bonds. The van der Waals surface area contributed by atoms with Crippen LogP contribution >= 0.6 is 0 Å². The molecule has 0 unspecified atom stereocenters. The number of rotatable bonds is 7. The van der Waals surface area contributed by atoms with Gasteiger partial charge in [-0.15, -0.1) is 0 Å². The van der Waals surface area contributed by atoms with Crippen molar-refractivity contribution < 1.29 is 0 Å². The van der Waals surface area contributed by atoms with Crippen molar-refractivity contribution in [3.05, 3.63) is 273 Å². The summed E-state index contributed by atoms with van der Waals surface area (Å²) in [4.78, 5) is 2.41. The molecule has 14 aromatic rings. The zero-order valence-electron chi connectivity index (χ0n) is 38.9. The Morgan fingerprint density at radius 2 is 0.549 bits per heavy atom. The number of nitrogens with zero attached hydrogens (tertiary/aromatic N) is 1. The molecule has 1 heteroatoms. The average Bonchev–Trinajstić information content (AvgIpc) is 3.44. The van der Waals surface area contributed by atoms with E-state index in [0.717, 1.165) is 17.1 Å². The first-order valence-electron chi connectivity index (χ1n) is 24.6. The van der Waals surface area contributed by atoms with Gasteiger partial charge in [0.05, 0.1) is 5.69 Å². The number of benzene rings is 14. The van der Waals surface area contributed by atoms with Crippen LogP contribution in [0.2, 0.25) is 0 Å². The maximum Gasteiger partial charge on any atom is 0.0540 e. The Labute approximate surface area is 412 Å². The minimum Gasteiger partial charge on any atom is -0.310 e. The molecular formula is C70H45N. The smallest absolute Gasteiger partial charge is 0.0540 e. The first-order valence-corrected chi connectivity index (χ1v) is 24.6. The third-order valence-electron chi connectivity index (χ3n) is 14.7. The number of para-hydroxylation sites is 1. The molecule has 0 saturated heterocycles. The minimum absolute atomic E-state index is 1.10. The minimum atomic E-state index is 1.10. The lowest BCUT2D eigenvalue weighted by Gasteiger charge is -2.27. The van der Waals surface area contributed by atoms with E-state index >= 15 is 0 Å². The first-order chi connectivity index (χ1) is 35.2. The van der Waals surface area contributed by atoms with Crippen LogP contribution in [0.25, 0.3) is 120 Å². The highest BCUT2D eigenvalue weighted by Gasteiger charge is 2.22. The second kappa shape index (κ2) is 16.7. The molecule has 0 saturated carbocycles. The summed E-state index contributed by atoms with van der Waals surface area (Å²) in [7, 11) is 0. The molecule has 0 aliphatic carbocycles. The Hall–Kier alpha value is -9.30. The molecule has 1 nitrogen and oxygen atoms in total. The largest absolute Gasteiger partial charge is 0.310 e. The highest BCUT2D eigenvalue weighted by molar-refractivity contribution is 6.25. The van der Waals surface area contributed by atoms with Gasteiger partial charge in [0.2, 0.25) is 0 Å². The van der Waals surface area contributed by atoms with Crippen LogP contribution in [0.3, 0.4) is 0 Å². The molecule has 0 aliphatic heterocycles. The first kappa shape index (κ1) is 40.7. The zero-order chi connectivity index (χ0) is 46.8. The summed E-state index contributed by atoms with van der Waals surface area (Å²) in [5.41, 5.74) is 13.1. The lowest BCUT2D eigenvalue weighted by atomic mass is 9.82. The van der Waals surface area contributed by atoms with Gasteiger partial charge < -0.3 is 4.90 Å². The van der Waals surface area contributed by atoms with Gasteiger partial charge in [0.1, 0.15) is 0 Å². The van der Waals surface area contributed by atoms with Gasteiger partial charge in [-0.3, -0.25) is 0 Å². The normalized spacial score (nSPS) is 11.7. The summed E-state index contributed by atoms with van der Waals surface area (Å²) in [6, 6.07) is 101. The van der Waals surface area contributed by atoms with Gasteiger partial charge in [-0.25, -0.2) is 0 Å². The van der Waals surface area contributed by atoms with Gasteiger partial charge >= 0.3 is 0 Å². The maximum absolute atomic E-state index is 2.49. The lowest BCUT2D eigenvalue weighted by Crippen LogP contribution is -2.10. The van der Waals surface area contributed by atoms with Crippen LogP contribution in [0, 0.1) is 0 Å². The van der Waals surface area contributed by atoms with Crippen molar-refractivity contribution in [1.82, 2.24) is 0 Å². The monoisotopic (exact) mass is 899 g/mol. The topological polar surface area (TPSA) is 3.24 Å². The van der Waals surface area contributed by atoms with E-state index in [1.54, 1.807) is 0 Å². The molecule has 0 atom stereocenters. The Morgan fingerprint density at radius 1 is 0.183 bits per heavy atom. The van der Waals surface area contributed by atoms with E-state index in [-0.39, 0.29) is 0 Å². The summed E-state index contributed by atoms with van der Waals surface area (Å²) >= 11 is 0. The van der Waals surface area contributed by atoms with Crippen LogP contribution in [0.5, 0.6) is 0 Å². The van der Waals surface area contributed by atoms with E-state index in [1.807, 2.05) is 0 Å². The summed E-state index contributed by atoms with van der Waals surface area (Å²) in [5.74, 6) is 0. The molecule has 330 valence electrons. The fraction of sp³-hybridized carbons (Fsp3) is 0. The highest BCUT2D eigenvalue weighted by Crippen LogP contribution is 2.49. The van der Waals surface area contributed by atoms with Crippen molar-refractivity contribution in [3.8, 4) is 44.5 Å². The van der Waals surface area contributed by atoms with Crippen LogP contribution in [-0.2, 0) is 0 Å². The summed E-state index contributed by atoms with van der Waals surface area (Å²) in [6.07, 6.45) is 0. The van der Waals surface area contributed by atoms with E-state index in [0.29, 0.717) is 0 Å². The van der Waals surface area contributed by atoms with Crippen LogP contribution in [0.4, 0.5) is 17.1 Å². The highest BCUT2D eigenvalue weighted by atomic mass is 15.1. The van der Waals surface area contributed by atoms with Crippen molar-refractivity contribution in [2.45, 2.75) is 0 Å². The van der Waals surface area contributed by atoms with Gasteiger partial charge in [-0.2, -0.15) is 0 Å². The third-order valence-corrected chi connectivity index (χ3v) is 14.7. The summed E-state index contributed by atoms with van der Waals surface area (Å²) < 4.78 is 0. The van der Waals surface area contributed by atoms with E-state index in [1.165, 1.54) is 120 Å². The van der Waals surface area contributed by atoms with Crippen molar-refractivity contribution in [3.63, 3.8) is 0 Å². The lowest BCUT2D eigenvalue weighted by molar-refractivity contribution is 1.30. The average molecular weight is 900 g/mol. The fourth-order valence-corrected chi connectivity index (χ4v) is 11.6. The van der Waals surface area contributed by atoms with Crippen molar-refractivity contribution >= 4 is 92.5 Å². The Kier molecular flexibility index (Phi) is 9.60. The number of hydrogen-bond donors (Lipinski definition) is 0. The van der Waals surface area contributed by atoms with Gasteiger partial charge in [0, 0.05) is 16.8 Å². The van der Waals surface area contributed by atoms with Gasteiger partial charge in [-0.1, -0.05) is 224 Å². The molecule has 0 aliphatic rings. The molecule has 0 N–H and O–H groups in total. The van der Waals surface area contributed by atoms with Crippen LogP contribution in [-0.4, -0.2) is 0 Å². The van der Waals surface area contributed by atoms with E-state index < -0.39 is 0 Å². The SMILES string of the molecule is c1ccc(N(c2cccc(-c3c4ccccc4c(-c4ccc5c(-c6ccc7ccccc7c6)c6ccccc6c(-c6ccc7ccccc7c6)c5c4)c4ccccc34)c2)c2cccc3ccccc23)cc1. The van der Waals surface area contributed by atoms with Gasteiger partial charge in [-0.05, 0) is 163 Å². The molecule has 0 bridgehead atoms. The standard InChI is InChI=1S/C70H45N/c1-2-25-55(26-3-1)71(66-35-17-23-48-20-8-9-28-57(48)66)56-27-16-24-51(44-56)67-58-29-10-12-31-60(58)69(61-32-13-11-30-59(61)67)54-40-41-64-65(45-54)70(53-39-37-47-19-5-7-22-50(47)43-53)63-34-15-14-33-62(63)68(64)52-38-36-46-18-4-6-21-49(46)42-52/h1-45H. The summed E-state index contributed by atoms with van der Waals surface area (Å²) in [6.45, 7) is 0. The van der Waals surface area contributed by atoms with Crippen LogP contribution in [0.1, 0.15) is 0 Å². The predicted octanol–water partition coefficient (Wildman–Crippen LogP) is 19.9. The molecule has 0 radical (unpaired) electrons. The van der Waals surface area contributed by atoms with Crippen molar-refractivity contribution in [2.75, 3.05) is 4.90 Å². The van der Waals surface area contributed by atoms with E-state index in [9.17, 15) is 0 Å². The molecule has 14 aromatic carbocycles. The fourth-order valence-electron chi connectivity index (χ4n) is 11.6. The zero-order valence-corrected chi connectivity index (χ0v) is 38.9. The molecule has 0 aromatic heterocycles. The van der Waals surface area contributed by atoms with Gasteiger partial charge in [0.25, 0.3) is 0 Å². The Morgan fingerprint density at radius 3 is 1.10 bits per heavy atom. The summed E-state index contributed by atoms with van der Waals surface area (Å²) in [5, 5.41) is 17.2. The van der Waals surface area contributed by atoms with Crippen LogP contribution < -0.4 is 4.90 Å². The predicted molar refractivity (Wildman–Crippen MR) is 305 cm³/mol. The molecule has 0 heterocycles. The maximum atomic E-state index is 2.49. The number of hydrogen-bond acceptors (Lipinski definition) is 1. The van der Waals surface area contributed by atoms with E-state index in [4.69, 9.17) is 0 Å². The Bertz CT molecular complexity index is 4350. The molecular weight excluding hydrogens is 855 g/mol. The molecule has 0 fully saturated rings. The Balaban J connectivity index is 1.02. The van der Waals surface area contributed by atoms with Gasteiger partial charge in [0.15, 0.2) is 0 Å².